The maximum atomic E-state index is 12.2. The minimum atomic E-state index is -5.02. The molecule has 0 fully saturated rings. The van der Waals surface area contributed by atoms with Gasteiger partial charge in [0.05, 0.1) is 5.33 Å². The van der Waals surface area contributed by atoms with Crippen molar-refractivity contribution in [1.29, 1.82) is 0 Å². The maximum Gasteiger partial charge on any atom is 0.488 e. The van der Waals surface area contributed by atoms with E-state index in [1.54, 1.807) is 6.07 Å². The van der Waals surface area contributed by atoms with Gasteiger partial charge in [-0.15, -0.1) is 0 Å². The summed E-state index contributed by atoms with van der Waals surface area (Å²) in [4.78, 5) is 11.0. The number of amides is 1. The van der Waals surface area contributed by atoms with Crippen molar-refractivity contribution in [1.82, 2.24) is 5.32 Å². The van der Waals surface area contributed by atoms with E-state index in [2.05, 4.69) is 25.4 Å². The molecular formula is C9H9BrFNO4S. The molecule has 0 aliphatic carbocycles. The molecule has 5 nitrogen and oxygen atoms in total. The van der Waals surface area contributed by atoms with Crippen LogP contribution in [0.25, 0.3) is 0 Å². The second-order valence-electron chi connectivity index (χ2n) is 3.03. The number of carbonyl (C=O) groups excluding carboxylic acids is 1. The molecule has 0 aliphatic heterocycles. The summed E-state index contributed by atoms with van der Waals surface area (Å²) in [5, 5.41) is 2.72. The molecule has 1 aromatic carbocycles. The largest absolute Gasteiger partial charge is 0.488 e. The van der Waals surface area contributed by atoms with Gasteiger partial charge in [0, 0.05) is 6.54 Å². The van der Waals surface area contributed by atoms with E-state index in [4.69, 9.17) is 0 Å². The summed E-state index contributed by atoms with van der Waals surface area (Å²) in [6.07, 6.45) is 0. The van der Waals surface area contributed by atoms with Crippen molar-refractivity contribution in [2.45, 2.75) is 6.54 Å². The van der Waals surface area contributed by atoms with Gasteiger partial charge in [-0.25, -0.2) is 0 Å². The van der Waals surface area contributed by atoms with E-state index >= 15 is 0 Å². The molecule has 0 spiro atoms. The summed E-state index contributed by atoms with van der Waals surface area (Å²) in [7, 11) is -5.02. The quantitative estimate of drug-likeness (QED) is 0.654. The number of rotatable bonds is 5. The Morgan fingerprint density at radius 3 is 2.76 bits per heavy atom. The van der Waals surface area contributed by atoms with Crippen molar-refractivity contribution in [3.63, 3.8) is 0 Å². The number of nitrogens with one attached hydrogen (secondary N) is 1. The highest BCUT2D eigenvalue weighted by molar-refractivity contribution is 9.09. The topological polar surface area (TPSA) is 72.5 Å². The molecule has 0 radical (unpaired) electrons. The fourth-order valence-electron chi connectivity index (χ4n) is 1.07. The van der Waals surface area contributed by atoms with E-state index in [9.17, 15) is 17.1 Å². The van der Waals surface area contributed by atoms with E-state index in [1.807, 2.05) is 0 Å². The van der Waals surface area contributed by atoms with Crippen molar-refractivity contribution in [3.05, 3.63) is 29.8 Å². The zero-order valence-corrected chi connectivity index (χ0v) is 10.9. The molecule has 0 bridgehead atoms. The fourth-order valence-corrected chi connectivity index (χ4v) is 1.60. The minimum Gasteiger partial charge on any atom is -0.358 e. The van der Waals surface area contributed by atoms with Gasteiger partial charge in [-0.3, -0.25) is 4.79 Å². The molecule has 17 heavy (non-hydrogen) atoms. The van der Waals surface area contributed by atoms with Crippen LogP contribution in [0.1, 0.15) is 5.56 Å². The van der Waals surface area contributed by atoms with Gasteiger partial charge in [0.2, 0.25) is 5.91 Å². The molecule has 0 unspecified atom stereocenters. The summed E-state index contributed by atoms with van der Waals surface area (Å²) in [6.45, 7) is 0.202. The van der Waals surface area contributed by atoms with Gasteiger partial charge in [0.25, 0.3) is 0 Å². The highest BCUT2D eigenvalue weighted by Gasteiger charge is 2.09. The molecule has 1 amide bonds. The highest BCUT2D eigenvalue weighted by atomic mass is 79.9. The van der Waals surface area contributed by atoms with Gasteiger partial charge in [-0.2, -0.15) is 8.42 Å². The maximum absolute atomic E-state index is 12.2. The van der Waals surface area contributed by atoms with Crippen LogP contribution in [0.4, 0.5) is 3.89 Å². The van der Waals surface area contributed by atoms with Crippen LogP contribution in [0.2, 0.25) is 0 Å². The molecular weight excluding hydrogens is 317 g/mol. The molecule has 0 atom stereocenters. The number of alkyl halides is 1. The molecule has 0 saturated heterocycles. The van der Waals surface area contributed by atoms with Crippen molar-refractivity contribution in [3.8, 4) is 5.75 Å². The molecule has 0 aliphatic rings. The Hall–Kier alpha value is -1.15. The van der Waals surface area contributed by atoms with E-state index in [1.165, 1.54) is 18.2 Å². The van der Waals surface area contributed by atoms with Crippen LogP contribution in [-0.2, 0) is 21.8 Å². The molecule has 1 aromatic rings. The summed E-state index contributed by atoms with van der Waals surface area (Å²) in [5.41, 5.74) is 0.598. The van der Waals surface area contributed by atoms with E-state index in [0.717, 1.165) is 0 Å². The van der Waals surface area contributed by atoms with Crippen molar-refractivity contribution < 1.29 is 21.3 Å². The Bertz CT molecular complexity index is 505. The van der Waals surface area contributed by atoms with Gasteiger partial charge < -0.3 is 9.50 Å². The summed E-state index contributed by atoms with van der Waals surface area (Å²) in [6, 6.07) is 5.76. The fraction of sp³-hybridized carbons (Fsp3) is 0.222. The molecule has 94 valence electrons. The Kier molecular flexibility index (Phi) is 4.88. The molecule has 1 rings (SSSR count). The highest BCUT2D eigenvalue weighted by Crippen LogP contribution is 2.15. The first-order valence-electron chi connectivity index (χ1n) is 4.46. The third-order valence-corrected chi connectivity index (χ3v) is 2.61. The second-order valence-corrected chi connectivity index (χ2v) is 4.55. The van der Waals surface area contributed by atoms with Gasteiger partial charge in [0.15, 0.2) is 0 Å². The average Bonchev–Trinajstić information content (AvgIpc) is 2.24. The molecule has 1 N–H and O–H groups in total. The standard InChI is InChI=1S/C9H9BrFNO4S/c10-5-9(13)12-6-7-2-1-3-8(4-7)16-17(11,14)15/h1-4H,5-6H2,(H,12,13). The number of hydrogen-bond acceptors (Lipinski definition) is 4. The Morgan fingerprint density at radius 1 is 1.47 bits per heavy atom. The van der Waals surface area contributed by atoms with Crippen molar-refractivity contribution in [2.75, 3.05) is 5.33 Å². The van der Waals surface area contributed by atoms with Crippen molar-refractivity contribution >= 4 is 32.3 Å². The Labute approximate surface area is 107 Å². The first-order chi connectivity index (χ1) is 7.90. The van der Waals surface area contributed by atoms with Crippen molar-refractivity contribution in [2.24, 2.45) is 0 Å². The molecule has 0 heterocycles. The predicted octanol–water partition coefficient (Wildman–Crippen LogP) is 1.29. The number of hydrogen-bond donors (Lipinski definition) is 1. The van der Waals surface area contributed by atoms with Gasteiger partial charge >= 0.3 is 10.5 Å². The third kappa shape index (κ3) is 5.64. The van der Waals surface area contributed by atoms with E-state index in [-0.39, 0.29) is 23.5 Å². The smallest absolute Gasteiger partial charge is 0.358 e. The van der Waals surface area contributed by atoms with Crippen LogP contribution < -0.4 is 9.50 Å². The zero-order valence-electron chi connectivity index (χ0n) is 8.52. The van der Waals surface area contributed by atoms with Crippen LogP contribution in [-0.4, -0.2) is 19.7 Å². The number of carbonyl (C=O) groups is 1. The Balaban J connectivity index is 2.69. The number of benzene rings is 1. The second kappa shape index (κ2) is 5.97. The lowest BCUT2D eigenvalue weighted by Crippen LogP contribution is -2.23. The Morgan fingerprint density at radius 2 is 2.18 bits per heavy atom. The lowest BCUT2D eigenvalue weighted by molar-refractivity contribution is -0.118. The lowest BCUT2D eigenvalue weighted by Gasteiger charge is -2.05. The van der Waals surface area contributed by atoms with E-state index < -0.39 is 10.5 Å². The summed E-state index contributed by atoms with van der Waals surface area (Å²) < 4.78 is 36.8. The predicted molar refractivity (Wildman–Crippen MR) is 62.7 cm³/mol. The minimum absolute atomic E-state index is 0.141. The summed E-state index contributed by atoms with van der Waals surface area (Å²) >= 11 is 2.98. The normalized spacial score (nSPS) is 10.9. The first kappa shape index (κ1) is 13.9. The molecule has 8 heteroatoms. The third-order valence-electron chi connectivity index (χ3n) is 1.71. The van der Waals surface area contributed by atoms with Crippen LogP contribution in [0.3, 0.4) is 0 Å². The number of halogens is 2. The van der Waals surface area contributed by atoms with Crippen LogP contribution >= 0.6 is 15.9 Å². The first-order valence-corrected chi connectivity index (χ1v) is 6.89. The molecule has 0 saturated carbocycles. The summed E-state index contributed by atoms with van der Waals surface area (Å²) in [5.74, 6) is -0.354. The SMILES string of the molecule is O=C(CBr)NCc1cccc(OS(=O)(=O)F)c1. The monoisotopic (exact) mass is 325 g/mol. The lowest BCUT2D eigenvalue weighted by atomic mass is 10.2. The van der Waals surface area contributed by atoms with E-state index in [0.29, 0.717) is 5.56 Å². The van der Waals surface area contributed by atoms with Crippen LogP contribution in [0.5, 0.6) is 5.75 Å². The zero-order chi connectivity index (χ0) is 12.9. The van der Waals surface area contributed by atoms with Gasteiger partial charge in [-0.05, 0) is 17.7 Å². The molecule has 0 aromatic heterocycles. The van der Waals surface area contributed by atoms with Gasteiger partial charge in [-0.1, -0.05) is 31.9 Å². The van der Waals surface area contributed by atoms with Crippen LogP contribution in [0, 0.1) is 0 Å². The van der Waals surface area contributed by atoms with Gasteiger partial charge in [0.1, 0.15) is 5.75 Å². The average molecular weight is 326 g/mol. The van der Waals surface area contributed by atoms with Crippen LogP contribution in [0.15, 0.2) is 24.3 Å².